The minimum absolute atomic E-state index is 0.822. The quantitative estimate of drug-likeness (QED) is 0.525. The van der Waals surface area contributed by atoms with Gasteiger partial charge in [0.05, 0.1) is 6.26 Å². The first-order chi connectivity index (χ1) is 13.8. The van der Waals surface area contributed by atoms with E-state index in [0.717, 1.165) is 41.9 Å². The third-order valence-electron chi connectivity index (χ3n) is 5.50. The molecule has 1 fully saturated rings. The highest BCUT2D eigenvalue weighted by molar-refractivity contribution is 5.86. The van der Waals surface area contributed by atoms with Gasteiger partial charge in [-0.05, 0) is 49.1 Å². The van der Waals surface area contributed by atoms with E-state index in [1.165, 1.54) is 29.7 Å². The zero-order chi connectivity index (χ0) is 18.9. The first kappa shape index (κ1) is 17.0. The molecule has 0 N–H and O–H groups in total. The van der Waals surface area contributed by atoms with Gasteiger partial charge in [0, 0.05) is 48.8 Å². The van der Waals surface area contributed by atoms with Crippen molar-refractivity contribution in [1.82, 2.24) is 14.8 Å². The molecule has 0 unspecified atom stereocenters. The number of benzene rings is 2. The Hall–Kier alpha value is -3.08. The number of fused-ring (bicyclic) bond motifs is 1. The molecule has 1 radical (unpaired) electrons. The average molecular weight is 371 g/mol. The van der Waals surface area contributed by atoms with Gasteiger partial charge in [-0.25, -0.2) is 9.67 Å². The van der Waals surface area contributed by atoms with Gasteiger partial charge in [-0.15, -0.1) is 0 Å². The summed E-state index contributed by atoms with van der Waals surface area (Å²) in [7, 11) is 1.92. The molecule has 0 spiro atoms. The number of para-hydroxylation sites is 1. The first-order valence-electron chi connectivity index (χ1n) is 9.78. The molecule has 0 bridgehead atoms. The van der Waals surface area contributed by atoms with Gasteiger partial charge in [-0.2, -0.15) is 5.10 Å². The van der Waals surface area contributed by atoms with Gasteiger partial charge >= 0.3 is 0 Å². The van der Waals surface area contributed by atoms with Crippen LogP contribution < -0.4 is 4.90 Å². The summed E-state index contributed by atoms with van der Waals surface area (Å²) in [4.78, 5) is 6.90. The van der Waals surface area contributed by atoms with E-state index in [4.69, 9.17) is 4.42 Å². The topological polar surface area (TPSA) is 47.1 Å². The molecule has 5 nitrogen and oxygen atoms in total. The molecule has 1 aliphatic heterocycles. The van der Waals surface area contributed by atoms with E-state index in [9.17, 15) is 0 Å². The largest absolute Gasteiger partial charge is 0.464 e. The maximum absolute atomic E-state index is 5.85. The van der Waals surface area contributed by atoms with Crippen molar-refractivity contribution in [3.63, 3.8) is 0 Å². The summed E-state index contributed by atoms with van der Waals surface area (Å²) in [5.74, 6) is 0.864. The summed E-state index contributed by atoms with van der Waals surface area (Å²) in [6, 6.07) is 15.1. The Balaban J connectivity index is 1.57. The molecule has 2 aromatic carbocycles. The highest BCUT2D eigenvalue weighted by atomic mass is 16.3. The highest BCUT2D eigenvalue weighted by Gasteiger charge is 2.17. The molecule has 0 amide bonds. The molecule has 0 aliphatic carbocycles. The summed E-state index contributed by atoms with van der Waals surface area (Å²) in [5.41, 5.74) is 5.83. The van der Waals surface area contributed by atoms with Crippen LogP contribution in [0.5, 0.6) is 0 Å². The van der Waals surface area contributed by atoms with Crippen LogP contribution >= 0.6 is 0 Å². The second-order valence-electron chi connectivity index (χ2n) is 7.36. The number of rotatable bonds is 4. The fraction of sp³-hybridized carbons (Fsp3) is 0.261. The monoisotopic (exact) mass is 371 g/mol. The summed E-state index contributed by atoms with van der Waals surface area (Å²) in [6.07, 6.45) is 8.99. The van der Waals surface area contributed by atoms with Crippen molar-refractivity contribution in [3.05, 3.63) is 72.6 Å². The van der Waals surface area contributed by atoms with E-state index in [-0.39, 0.29) is 0 Å². The van der Waals surface area contributed by atoms with Crippen LogP contribution in [0.25, 0.3) is 22.4 Å². The molecule has 3 heterocycles. The molecule has 1 saturated heterocycles. The molecule has 2 aromatic heterocycles. The Morgan fingerprint density at radius 3 is 2.86 bits per heavy atom. The van der Waals surface area contributed by atoms with E-state index in [1.54, 1.807) is 12.6 Å². The van der Waals surface area contributed by atoms with Gasteiger partial charge in [0.15, 0.2) is 5.82 Å². The van der Waals surface area contributed by atoms with Crippen LogP contribution in [-0.2, 0) is 13.5 Å². The lowest BCUT2D eigenvalue weighted by atomic mass is 9.98. The lowest BCUT2D eigenvalue weighted by Crippen LogP contribution is -2.30. The molecule has 1 aliphatic rings. The van der Waals surface area contributed by atoms with Crippen LogP contribution in [0, 0.1) is 6.42 Å². The Morgan fingerprint density at radius 2 is 2.04 bits per heavy atom. The molecule has 4 aromatic rings. The van der Waals surface area contributed by atoms with E-state index in [0.29, 0.717) is 0 Å². The maximum atomic E-state index is 5.85. The van der Waals surface area contributed by atoms with Crippen LogP contribution in [-0.4, -0.2) is 27.9 Å². The standard InChI is InChI=1S/C23H23N4O/c1-26-23(24-16-25-26)20-14-18-9-12-28-22(18)19(15-20)13-17-7-3-4-8-21(17)27-10-5-2-6-11-27/h3-5,7-9,12,14-16H,2,6,10-11,13H2,1H3. The van der Waals surface area contributed by atoms with E-state index in [2.05, 4.69) is 57.8 Å². The molecule has 0 atom stereocenters. The smallest absolute Gasteiger partial charge is 0.157 e. The van der Waals surface area contributed by atoms with Crippen molar-refractivity contribution < 1.29 is 4.42 Å². The maximum Gasteiger partial charge on any atom is 0.157 e. The number of aryl methyl sites for hydroxylation is 1. The second kappa shape index (κ2) is 7.15. The van der Waals surface area contributed by atoms with E-state index < -0.39 is 0 Å². The lowest BCUT2D eigenvalue weighted by molar-refractivity contribution is 0.612. The van der Waals surface area contributed by atoms with Gasteiger partial charge in [0.1, 0.15) is 11.9 Å². The Kier molecular flexibility index (Phi) is 4.35. The number of aromatic nitrogens is 3. The normalized spacial score (nSPS) is 14.7. The highest BCUT2D eigenvalue weighted by Crippen LogP contribution is 2.32. The van der Waals surface area contributed by atoms with Crippen LogP contribution in [0.1, 0.15) is 24.0 Å². The minimum Gasteiger partial charge on any atom is -0.464 e. The summed E-state index contributed by atoms with van der Waals surface area (Å²) in [6.45, 7) is 2.13. The zero-order valence-corrected chi connectivity index (χ0v) is 16.0. The van der Waals surface area contributed by atoms with Crippen molar-refractivity contribution in [1.29, 1.82) is 0 Å². The number of anilines is 1. The molecule has 141 valence electrons. The van der Waals surface area contributed by atoms with Gasteiger partial charge < -0.3 is 9.32 Å². The van der Waals surface area contributed by atoms with Crippen LogP contribution in [0.2, 0.25) is 0 Å². The number of hydrogen-bond donors (Lipinski definition) is 0. The summed E-state index contributed by atoms with van der Waals surface area (Å²) >= 11 is 0. The van der Waals surface area contributed by atoms with Gasteiger partial charge in [-0.1, -0.05) is 18.2 Å². The van der Waals surface area contributed by atoms with Crippen LogP contribution in [0.4, 0.5) is 5.69 Å². The number of nitrogens with zero attached hydrogens (tertiary/aromatic N) is 4. The van der Waals surface area contributed by atoms with Crippen LogP contribution in [0.15, 0.2) is 59.5 Å². The van der Waals surface area contributed by atoms with Crippen molar-refractivity contribution in [2.45, 2.75) is 19.3 Å². The Bertz CT molecular complexity index is 1100. The van der Waals surface area contributed by atoms with E-state index >= 15 is 0 Å². The molecule has 5 rings (SSSR count). The third kappa shape index (κ3) is 3.07. The summed E-state index contributed by atoms with van der Waals surface area (Å²) < 4.78 is 7.65. The van der Waals surface area contributed by atoms with Gasteiger partial charge in [0.2, 0.25) is 0 Å². The van der Waals surface area contributed by atoms with Crippen LogP contribution in [0.3, 0.4) is 0 Å². The zero-order valence-electron chi connectivity index (χ0n) is 16.0. The fourth-order valence-electron chi connectivity index (χ4n) is 4.13. The third-order valence-corrected chi connectivity index (χ3v) is 5.50. The van der Waals surface area contributed by atoms with Gasteiger partial charge in [0.25, 0.3) is 0 Å². The number of furan rings is 1. The Labute approximate surface area is 164 Å². The minimum atomic E-state index is 0.822. The van der Waals surface area contributed by atoms with Crippen molar-refractivity contribution >= 4 is 16.7 Å². The SMILES string of the molecule is Cn1ncnc1-c1cc(Cc2ccccc2N2C[CH]CCC2)c2occc2c1. The number of piperidine rings is 1. The van der Waals surface area contributed by atoms with Gasteiger partial charge in [-0.3, -0.25) is 0 Å². The average Bonchev–Trinajstić information content (AvgIpc) is 3.38. The predicted molar refractivity (Wildman–Crippen MR) is 111 cm³/mol. The molecule has 28 heavy (non-hydrogen) atoms. The Morgan fingerprint density at radius 1 is 1.11 bits per heavy atom. The lowest BCUT2D eigenvalue weighted by Gasteiger charge is -2.30. The first-order valence-corrected chi connectivity index (χ1v) is 9.78. The van der Waals surface area contributed by atoms with Crippen molar-refractivity contribution in [2.24, 2.45) is 7.05 Å². The molecular formula is C23H23N4O. The molecule has 5 heteroatoms. The van der Waals surface area contributed by atoms with Crippen molar-refractivity contribution in [3.8, 4) is 11.4 Å². The predicted octanol–water partition coefficient (Wildman–Crippen LogP) is 4.62. The van der Waals surface area contributed by atoms with Crippen molar-refractivity contribution in [2.75, 3.05) is 18.0 Å². The fourth-order valence-corrected chi connectivity index (χ4v) is 4.13. The molecule has 0 saturated carbocycles. The summed E-state index contributed by atoms with van der Waals surface area (Å²) in [5, 5.41) is 5.32. The molecular weight excluding hydrogens is 348 g/mol. The number of hydrogen-bond acceptors (Lipinski definition) is 4. The van der Waals surface area contributed by atoms with E-state index in [1.807, 2.05) is 17.8 Å². The second-order valence-corrected chi connectivity index (χ2v) is 7.36.